The molecule has 6 nitrogen and oxygen atoms in total. The van der Waals surface area contributed by atoms with Crippen LogP contribution >= 0.6 is 0 Å². The topological polar surface area (TPSA) is 82.0 Å². The molecule has 0 saturated carbocycles. The number of amides is 2. The molecule has 170 valence electrons. The van der Waals surface area contributed by atoms with E-state index < -0.39 is 5.97 Å². The number of hydrogen-bond donors (Lipinski definition) is 2. The lowest BCUT2D eigenvalue weighted by Crippen LogP contribution is -2.49. The van der Waals surface area contributed by atoms with Crippen LogP contribution in [-0.4, -0.2) is 53.9 Å². The number of aliphatic imine (C=N–C) groups is 1. The second kappa shape index (κ2) is 9.84. The van der Waals surface area contributed by atoms with E-state index in [1.54, 1.807) is 0 Å². The Morgan fingerprint density at radius 2 is 2.03 bits per heavy atom. The zero-order valence-corrected chi connectivity index (χ0v) is 19.4. The molecule has 0 bridgehead atoms. The van der Waals surface area contributed by atoms with Crippen molar-refractivity contribution in [3.05, 3.63) is 34.9 Å². The fourth-order valence-electron chi connectivity index (χ4n) is 4.68. The highest BCUT2D eigenvalue weighted by Crippen LogP contribution is 2.33. The number of urea groups is 1. The first-order chi connectivity index (χ1) is 14.7. The van der Waals surface area contributed by atoms with Crippen molar-refractivity contribution in [2.24, 2.45) is 16.8 Å². The third-order valence-electron chi connectivity index (χ3n) is 6.57. The largest absolute Gasteiger partial charge is 0.481 e. The van der Waals surface area contributed by atoms with Crippen LogP contribution in [0.25, 0.3) is 0 Å². The van der Waals surface area contributed by atoms with Crippen molar-refractivity contribution in [3.8, 4) is 0 Å². The van der Waals surface area contributed by atoms with Crippen molar-refractivity contribution in [1.82, 2.24) is 10.2 Å². The van der Waals surface area contributed by atoms with Gasteiger partial charge in [-0.05, 0) is 65.7 Å². The predicted molar refractivity (Wildman–Crippen MR) is 124 cm³/mol. The van der Waals surface area contributed by atoms with E-state index in [2.05, 4.69) is 44.3 Å². The Hall–Kier alpha value is -2.37. The van der Waals surface area contributed by atoms with E-state index in [0.29, 0.717) is 19.6 Å². The number of likely N-dealkylation sites (tertiary alicyclic amines) is 1. The summed E-state index contributed by atoms with van der Waals surface area (Å²) >= 11 is 0. The molecule has 0 spiro atoms. The molecule has 0 aliphatic carbocycles. The molecule has 1 fully saturated rings. The standard InChI is InChI=1S/C25H37N3O3/c1-5-10-27-24(31)28-12-9-18(14-23(29)30)19(16-28)13-22-21-15-20(25(2,3)4)7-6-17(21)8-11-26-22/h6-7,15,18-19H,5,8-14,16H2,1-4H3,(H,27,31)(H,29,30)/t18-,19-/m0/s1. The van der Waals surface area contributed by atoms with Gasteiger partial charge >= 0.3 is 12.0 Å². The molecule has 6 heteroatoms. The van der Waals surface area contributed by atoms with Crippen molar-refractivity contribution in [3.63, 3.8) is 0 Å². The van der Waals surface area contributed by atoms with Gasteiger partial charge in [-0.3, -0.25) is 9.79 Å². The lowest BCUT2D eigenvalue weighted by Gasteiger charge is -2.38. The second-order valence-electron chi connectivity index (χ2n) is 9.99. The summed E-state index contributed by atoms with van der Waals surface area (Å²) in [6, 6.07) is 6.68. The lowest BCUT2D eigenvalue weighted by molar-refractivity contribution is -0.138. The van der Waals surface area contributed by atoms with Crippen LogP contribution in [-0.2, 0) is 16.6 Å². The van der Waals surface area contributed by atoms with Crippen LogP contribution in [0.15, 0.2) is 23.2 Å². The summed E-state index contributed by atoms with van der Waals surface area (Å²) in [6.45, 7) is 11.3. The van der Waals surface area contributed by atoms with Gasteiger partial charge in [-0.15, -0.1) is 0 Å². The Morgan fingerprint density at radius 3 is 2.71 bits per heavy atom. The number of nitrogens with one attached hydrogen (secondary N) is 1. The van der Waals surface area contributed by atoms with Crippen LogP contribution in [0.1, 0.15) is 70.1 Å². The van der Waals surface area contributed by atoms with E-state index in [0.717, 1.165) is 37.9 Å². The third-order valence-corrected chi connectivity index (χ3v) is 6.57. The highest BCUT2D eigenvalue weighted by Gasteiger charge is 2.34. The van der Waals surface area contributed by atoms with E-state index in [1.165, 1.54) is 16.7 Å². The number of piperidine rings is 1. The molecule has 2 N–H and O–H groups in total. The van der Waals surface area contributed by atoms with Gasteiger partial charge in [-0.1, -0.05) is 39.8 Å². The molecule has 1 aromatic rings. The average molecular weight is 428 g/mol. The summed E-state index contributed by atoms with van der Waals surface area (Å²) in [5.74, 6) is -0.605. The molecule has 31 heavy (non-hydrogen) atoms. The van der Waals surface area contributed by atoms with E-state index in [9.17, 15) is 14.7 Å². The van der Waals surface area contributed by atoms with Crippen LogP contribution < -0.4 is 5.32 Å². The first kappa shape index (κ1) is 23.3. The molecule has 2 heterocycles. The zero-order valence-electron chi connectivity index (χ0n) is 19.4. The number of carboxylic acid groups (broad SMARTS) is 1. The molecule has 2 amide bonds. The van der Waals surface area contributed by atoms with Crippen LogP contribution in [0.2, 0.25) is 0 Å². The van der Waals surface area contributed by atoms with E-state index in [-0.39, 0.29) is 29.7 Å². The van der Waals surface area contributed by atoms with Gasteiger partial charge in [-0.2, -0.15) is 0 Å². The summed E-state index contributed by atoms with van der Waals surface area (Å²) in [7, 11) is 0. The van der Waals surface area contributed by atoms with Gasteiger partial charge in [0.2, 0.25) is 0 Å². The predicted octanol–water partition coefficient (Wildman–Crippen LogP) is 4.25. The van der Waals surface area contributed by atoms with Gasteiger partial charge < -0.3 is 15.3 Å². The quantitative estimate of drug-likeness (QED) is 0.712. The fourth-order valence-corrected chi connectivity index (χ4v) is 4.68. The van der Waals surface area contributed by atoms with Gasteiger partial charge in [0.1, 0.15) is 0 Å². The number of hydrogen-bond acceptors (Lipinski definition) is 3. The van der Waals surface area contributed by atoms with E-state index >= 15 is 0 Å². The molecular formula is C25H37N3O3. The maximum absolute atomic E-state index is 12.5. The Morgan fingerprint density at radius 1 is 1.26 bits per heavy atom. The molecule has 0 radical (unpaired) electrons. The number of fused-ring (bicyclic) bond motifs is 1. The number of benzene rings is 1. The first-order valence-electron chi connectivity index (χ1n) is 11.6. The molecule has 2 aliphatic rings. The number of carboxylic acids is 1. The SMILES string of the molecule is CCCNC(=O)N1CC[C@@H](CC(=O)O)[C@@H](CC2=NCCc3ccc(C(C)(C)C)cc32)C1. The molecule has 1 aromatic carbocycles. The highest BCUT2D eigenvalue weighted by molar-refractivity contribution is 6.03. The average Bonchev–Trinajstić information content (AvgIpc) is 2.72. The van der Waals surface area contributed by atoms with Crippen LogP contribution in [0.3, 0.4) is 0 Å². The molecule has 0 aromatic heterocycles. The minimum atomic E-state index is -0.764. The van der Waals surface area contributed by atoms with Crippen molar-refractivity contribution in [1.29, 1.82) is 0 Å². The van der Waals surface area contributed by atoms with Crippen molar-refractivity contribution in [2.75, 3.05) is 26.2 Å². The monoisotopic (exact) mass is 427 g/mol. The molecule has 2 aliphatic heterocycles. The van der Waals surface area contributed by atoms with Crippen LogP contribution in [0, 0.1) is 11.8 Å². The zero-order chi connectivity index (χ0) is 22.6. The molecule has 3 rings (SSSR count). The maximum atomic E-state index is 12.5. The molecule has 2 atom stereocenters. The highest BCUT2D eigenvalue weighted by atomic mass is 16.4. The van der Waals surface area contributed by atoms with Gasteiger partial charge in [0, 0.05) is 38.3 Å². The summed E-state index contributed by atoms with van der Waals surface area (Å²) in [5.41, 5.74) is 4.94. The summed E-state index contributed by atoms with van der Waals surface area (Å²) in [4.78, 5) is 30.8. The Kier molecular flexibility index (Phi) is 7.39. The lowest BCUT2D eigenvalue weighted by atomic mass is 9.77. The minimum absolute atomic E-state index is 0.0402. The Labute approximate surface area is 186 Å². The summed E-state index contributed by atoms with van der Waals surface area (Å²) in [6.07, 6.45) is 3.43. The first-order valence-corrected chi connectivity index (χ1v) is 11.6. The summed E-state index contributed by atoms with van der Waals surface area (Å²) in [5, 5.41) is 12.4. The molecule has 1 saturated heterocycles. The molecule has 0 unspecified atom stereocenters. The van der Waals surface area contributed by atoms with Gasteiger partial charge in [0.25, 0.3) is 0 Å². The molecular weight excluding hydrogens is 390 g/mol. The Balaban J connectivity index is 1.82. The Bertz CT molecular complexity index is 841. The van der Waals surface area contributed by atoms with E-state index in [4.69, 9.17) is 4.99 Å². The minimum Gasteiger partial charge on any atom is -0.481 e. The smallest absolute Gasteiger partial charge is 0.317 e. The second-order valence-corrected chi connectivity index (χ2v) is 9.99. The summed E-state index contributed by atoms with van der Waals surface area (Å²) < 4.78 is 0. The van der Waals surface area contributed by atoms with Crippen LogP contribution in [0.5, 0.6) is 0 Å². The maximum Gasteiger partial charge on any atom is 0.317 e. The fraction of sp³-hybridized carbons (Fsp3) is 0.640. The number of carbonyl (C=O) groups is 2. The third kappa shape index (κ3) is 5.86. The van der Waals surface area contributed by atoms with Crippen molar-refractivity contribution >= 4 is 17.7 Å². The van der Waals surface area contributed by atoms with Crippen molar-refractivity contribution < 1.29 is 14.7 Å². The number of aliphatic carboxylic acids is 1. The number of carbonyl (C=O) groups excluding carboxylic acids is 1. The van der Waals surface area contributed by atoms with Crippen molar-refractivity contribution in [2.45, 2.75) is 65.2 Å². The van der Waals surface area contributed by atoms with Gasteiger partial charge in [0.05, 0.1) is 0 Å². The number of nitrogens with zero attached hydrogens (tertiary/aromatic N) is 2. The normalized spacial score (nSPS) is 21.3. The van der Waals surface area contributed by atoms with E-state index in [1.807, 2.05) is 11.8 Å². The van der Waals surface area contributed by atoms with Gasteiger partial charge in [0.15, 0.2) is 0 Å². The van der Waals surface area contributed by atoms with Gasteiger partial charge in [-0.25, -0.2) is 4.79 Å². The van der Waals surface area contributed by atoms with Crippen LogP contribution in [0.4, 0.5) is 4.79 Å². The number of rotatable bonds is 6.